The number of nitrogens with zero attached hydrogens (tertiary/aromatic N) is 5. The number of rotatable bonds is 6. The van der Waals surface area contributed by atoms with E-state index in [0.29, 0.717) is 0 Å². The second-order valence-corrected chi connectivity index (χ2v) is 9.21. The number of hydrogen-bond donors (Lipinski definition) is 0. The summed E-state index contributed by atoms with van der Waals surface area (Å²) in [5, 5.41) is 2.97. The Morgan fingerprint density at radius 3 is 2.90 bits per heavy atom. The molecular formula is C23H24ClN5OS. The molecule has 1 aliphatic rings. The van der Waals surface area contributed by atoms with Gasteiger partial charge in [-0.3, -0.25) is 9.88 Å². The Balaban J connectivity index is 1.46. The molecule has 0 saturated carbocycles. The van der Waals surface area contributed by atoms with Crippen LogP contribution in [0.25, 0.3) is 21.1 Å². The van der Waals surface area contributed by atoms with Crippen LogP contribution in [0, 0.1) is 0 Å². The summed E-state index contributed by atoms with van der Waals surface area (Å²) in [7, 11) is 0. The summed E-state index contributed by atoms with van der Waals surface area (Å²) in [5.41, 5.74) is 5.83. The monoisotopic (exact) mass is 453 g/mol. The third-order valence-corrected chi connectivity index (χ3v) is 6.93. The molecule has 0 N–H and O–H groups in total. The Hall–Kier alpha value is -2.19. The van der Waals surface area contributed by atoms with Crippen molar-refractivity contribution >= 4 is 44.1 Å². The summed E-state index contributed by atoms with van der Waals surface area (Å²) in [4.78, 5) is 21.8. The van der Waals surface area contributed by atoms with Gasteiger partial charge in [0.25, 0.3) is 0 Å². The molecule has 31 heavy (non-hydrogen) atoms. The lowest BCUT2D eigenvalue weighted by atomic mass is 9.97. The van der Waals surface area contributed by atoms with Gasteiger partial charge in [0.1, 0.15) is 16.7 Å². The van der Waals surface area contributed by atoms with Crippen molar-refractivity contribution in [2.75, 3.05) is 32.8 Å². The molecule has 0 radical (unpaired) electrons. The molecule has 1 aliphatic heterocycles. The fraction of sp³-hybridized carbons (Fsp3) is 0.391. The first-order valence-electron chi connectivity index (χ1n) is 10.6. The molecule has 6 nitrogen and oxygen atoms in total. The fourth-order valence-corrected chi connectivity index (χ4v) is 5.12. The van der Waals surface area contributed by atoms with Crippen molar-refractivity contribution < 1.29 is 4.74 Å². The van der Waals surface area contributed by atoms with Gasteiger partial charge in [0.05, 0.1) is 35.1 Å². The zero-order chi connectivity index (χ0) is 21.2. The summed E-state index contributed by atoms with van der Waals surface area (Å²) in [6.45, 7) is 6.70. The zero-order valence-electron chi connectivity index (χ0n) is 17.4. The number of benzene rings is 1. The lowest BCUT2D eigenvalue weighted by Gasteiger charge is -2.26. The van der Waals surface area contributed by atoms with Crippen LogP contribution in [-0.4, -0.2) is 57.7 Å². The van der Waals surface area contributed by atoms with E-state index in [-0.39, 0.29) is 5.92 Å². The van der Waals surface area contributed by atoms with Gasteiger partial charge < -0.3 is 4.74 Å². The van der Waals surface area contributed by atoms with Gasteiger partial charge in [-0.1, -0.05) is 30.7 Å². The molecule has 0 spiro atoms. The van der Waals surface area contributed by atoms with Gasteiger partial charge >= 0.3 is 0 Å². The van der Waals surface area contributed by atoms with Crippen molar-refractivity contribution in [1.82, 2.24) is 24.8 Å². The van der Waals surface area contributed by atoms with E-state index in [4.69, 9.17) is 21.3 Å². The highest BCUT2D eigenvalue weighted by molar-refractivity contribution is 7.16. The molecule has 0 aliphatic carbocycles. The molecule has 4 heterocycles. The molecule has 1 saturated heterocycles. The van der Waals surface area contributed by atoms with Crippen LogP contribution in [0.1, 0.15) is 29.9 Å². The highest BCUT2D eigenvalue weighted by Crippen LogP contribution is 2.31. The van der Waals surface area contributed by atoms with Crippen molar-refractivity contribution in [3.05, 3.63) is 58.2 Å². The number of ether oxygens (including phenoxy) is 1. The average Bonchev–Trinajstić information content (AvgIpc) is 3.28. The molecule has 160 valence electrons. The van der Waals surface area contributed by atoms with Crippen LogP contribution < -0.4 is 0 Å². The van der Waals surface area contributed by atoms with E-state index < -0.39 is 0 Å². The molecule has 0 amide bonds. The van der Waals surface area contributed by atoms with E-state index in [1.807, 2.05) is 17.6 Å². The summed E-state index contributed by atoms with van der Waals surface area (Å²) < 4.78 is 5.48. The quantitative estimate of drug-likeness (QED) is 0.428. The normalized spacial score (nSPS) is 16.2. The van der Waals surface area contributed by atoms with Crippen LogP contribution in [0.2, 0.25) is 5.02 Å². The Labute approximate surface area is 190 Å². The number of hydrogen-bond acceptors (Lipinski definition) is 7. The van der Waals surface area contributed by atoms with Crippen molar-refractivity contribution in [3.63, 3.8) is 0 Å². The van der Waals surface area contributed by atoms with Gasteiger partial charge in [-0.15, -0.1) is 11.3 Å². The maximum absolute atomic E-state index is 6.60. The number of morpholine rings is 1. The SMILES string of the molecule is C[C@H](Cc1ncnc2scnc12)c1cc2cccc(Cl)c2c(CCN2CCOCC2)n1. The van der Waals surface area contributed by atoms with E-state index in [0.717, 1.165) is 88.9 Å². The number of fused-ring (bicyclic) bond motifs is 2. The van der Waals surface area contributed by atoms with Gasteiger partial charge in [-0.25, -0.2) is 15.0 Å². The van der Waals surface area contributed by atoms with E-state index in [9.17, 15) is 0 Å². The Morgan fingerprint density at radius 2 is 2.03 bits per heavy atom. The number of halogens is 1. The summed E-state index contributed by atoms with van der Waals surface area (Å²) in [6.07, 6.45) is 3.26. The maximum atomic E-state index is 6.60. The zero-order valence-corrected chi connectivity index (χ0v) is 19.0. The van der Waals surface area contributed by atoms with Crippen molar-refractivity contribution in [2.24, 2.45) is 0 Å². The van der Waals surface area contributed by atoms with E-state index >= 15 is 0 Å². The molecular weight excluding hydrogens is 430 g/mol. The van der Waals surface area contributed by atoms with Gasteiger partial charge in [0, 0.05) is 49.5 Å². The minimum Gasteiger partial charge on any atom is -0.379 e. The number of pyridine rings is 1. The Kier molecular flexibility index (Phi) is 6.09. The van der Waals surface area contributed by atoms with Gasteiger partial charge in [-0.2, -0.15) is 0 Å². The third-order valence-electron chi connectivity index (χ3n) is 5.89. The largest absolute Gasteiger partial charge is 0.379 e. The van der Waals surface area contributed by atoms with Gasteiger partial charge in [0.15, 0.2) is 0 Å². The smallest absolute Gasteiger partial charge is 0.146 e. The standard InChI is InChI=1S/C23H24ClN5OS/c1-15(11-20-22-23(26-13-25-20)31-14-27-22)19-12-16-3-2-4-17(24)21(16)18(28-19)5-6-29-7-9-30-10-8-29/h2-4,12-15H,5-11H2,1H3/t15-/m1/s1. The van der Waals surface area contributed by atoms with Crippen LogP contribution in [0.3, 0.4) is 0 Å². The second-order valence-electron chi connectivity index (χ2n) is 7.97. The third kappa shape index (κ3) is 4.41. The summed E-state index contributed by atoms with van der Waals surface area (Å²) >= 11 is 8.14. The minimum absolute atomic E-state index is 0.199. The molecule has 0 bridgehead atoms. The molecule has 5 rings (SSSR count). The maximum Gasteiger partial charge on any atom is 0.146 e. The molecule has 1 atom stereocenters. The molecule has 1 aromatic carbocycles. The molecule has 1 fully saturated rings. The van der Waals surface area contributed by atoms with Crippen LogP contribution in [-0.2, 0) is 17.6 Å². The molecule has 8 heteroatoms. The van der Waals surface area contributed by atoms with Crippen molar-refractivity contribution in [2.45, 2.75) is 25.7 Å². The van der Waals surface area contributed by atoms with Crippen LogP contribution in [0.4, 0.5) is 0 Å². The highest BCUT2D eigenvalue weighted by Gasteiger charge is 2.18. The first kappa shape index (κ1) is 20.7. The van der Waals surface area contributed by atoms with E-state index in [1.165, 1.54) is 0 Å². The van der Waals surface area contributed by atoms with Crippen LogP contribution in [0.15, 0.2) is 36.1 Å². The lowest BCUT2D eigenvalue weighted by molar-refractivity contribution is 0.0384. The minimum atomic E-state index is 0.199. The van der Waals surface area contributed by atoms with E-state index in [1.54, 1.807) is 17.7 Å². The van der Waals surface area contributed by atoms with Crippen LogP contribution in [0.5, 0.6) is 0 Å². The topological polar surface area (TPSA) is 64.0 Å². The fourth-order valence-electron chi connectivity index (χ4n) is 4.18. The molecule has 0 unspecified atom stereocenters. The summed E-state index contributed by atoms with van der Waals surface area (Å²) in [6, 6.07) is 8.26. The Morgan fingerprint density at radius 1 is 1.16 bits per heavy atom. The van der Waals surface area contributed by atoms with Gasteiger partial charge in [-0.05, 0) is 17.5 Å². The van der Waals surface area contributed by atoms with Crippen LogP contribution >= 0.6 is 22.9 Å². The summed E-state index contributed by atoms with van der Waals surface area (Å²) in [5.74, 6) is 0.199. The first-order chi connectivity index (χ1) is 15.2. The number of thiazole rings is 1. The Bertz CT molecular complexity index is 1210. The van der Waals surface area contributed by atoms with E-state index in [2.05, 4.69) is 38.9 Å². The highest BCUT2D eigenvalue weighted by atomic mass is 35.5. The predicted octanol–water partition coefficient (Wildman–Crippen LogP) is 4.51. The first-order valence-corrected chi connectivity index (χ1v) is 11.9. The van der Waals surface area contributed by atoms with Crippen molar-refractivity contribution in [1.29, 1.82) is 0 Å². The van der Waals surface area contributed by atoms with Gasteiger partial charge in [0.2, 0.25) is 0 Å². The predicted molar refractivity (Wildman–Crippen MR) is 125 cm³/mol. The average molecular weight is 454 g/mol. The molecule has 4 aromatic rings. The second kappa shape index (κ2) is 9.12. The van der Waals surface area contributed by atoms with Crippen molar-refractivity contribution in [3.8, 4) is 0 Å². The lowest BCUT2D eigenvalue weighted by Crippen LogP contribution is -2.37. The number of aromatic nitrogens is 4. The molecule has 3 aromatic heterocycles.